The molecule has 1 amide bonds. The zero-order valence-corrected chi connectivity index (χ0v) is 11.1. The van der Waals surface area contributed by atoms with Crippen LogP contribution in [0.25, 0.3) is 10.8 Å². The molecule has 110 valence electrons. The zero-order chi connectivity index (χ0) is 15.4. The molecule has 0 aliphatic carbocycles. The van der Waals surface area contributed by atoms with Gasteiger partial charge in [-0.1, -0.05) is 25.1 Å². The second-order valence-corrected chi connectivity index (χ2v) is 5.19. The minimum atomic E-state index is -4.43. The summed E-state index contributed by atoms with van der Waals surface area (Å²) in [4.78, 5) is 12.4. The van der Waals surface area contributed by atoms with Crippen molar-refractivity contribution < 1.29 is 23.1 Å². The molecule has 0 saturated carbocycles. The third-order valence-corrected chi connectivity index (χ3v) is 3.86. The summed E-state index contributed by atoms with van der Waals surface area (Å²) in [6, 6.07) is 6.84. The number of halogens is 3. The van der Waals surface area contributed by atoms with Crippen molar-refractivity contribution >= 4 is 22.6 Å². The van der Waals surface area contributed by atoms with Crippen LogP contribution in [0.4, 0.5) is 23.7 Å². The Morgan fingerprint density at radius 2 is 1.95 bits per heavy atom. The molecule has 3 rings (SSSR count). The van der Waals surface area contributed by atoms with Crippen LogP contribution in [-0.4, -0.2) is 17.7 Å². The Hall–Kier alpha value is -2.24. The van der Waals surface area contributed by atoms with E-state index in [0.29, 0.717) is 16.6 Å². The number of hydrogen-bond acceptors (Lipinski definition) is 1. The average molecular weight is 295 g/mol. The molecule has 0 radical (unpaired) electrons. The van der Waals surface area contributed by atoms with Gasteiger partial charge in [-0.25, -0.2) is 4.79 Å². The van der Waals surface area contributed by atoms with Crippen molar-refractivity contribution in [2.45, 2.75) is 19.0 Å². The second kappa shape index (κ2) is 4.38. The average Bonchev–Trinajstić information content (AvgIpc) is 2.75. The van der Waals surface area contributed by atoms with E-state index in [1.807, 2.05) is 6.92 Å². The molecule has 0 bridgehead atoms. The molecule has 1 heterocycles. The lowest BCUT2D eigenvalue weighted by Gasteiger charge is -2.15. The lowest BCUT2D eigenvalue weighted by molar-refractivity contribution is -0.136. The zero-order valence-electron chi connectivity index (χ0n) is 11.1. The monoisotopic (exact) mass is 295 g/mol. The molecule has 6 heteroatoms. The summed E-state index contributed by atoms with van der Waals surface area (Å²) in [6.45, 7) is 2.08. The quantitative estimate of drug-likeness (QED) is 0.779. The van der Waals surface area contributed by atoms with Crippen LogP contribution >= 0.6 is 0 Å². The molecule has 1 aliphatic rings. The van der Waals surface area contributed by atoms with Gasteiger partial charge < -0.3 is 5.11 Å². The predicted molar refractivity (Wildman–Crippen MR) is 72.7 cm³/mol. The number of hydrogen-bond donors (Lipinski definition) is 1. The number of fused-ring (bicyclic) bond motifs is 3. The van der Waals surface area contributed by atoms with Crippen molar-refractivity contribution in [2.24, 2.45) is 0 Å². The standard InChI is InChI=1S/C15H12F3NO2/c1-8-7-19(14(20)21)12-6-5-9-10(13(8)12)3-2-4-11(9)15(16,17)18/h2-6,8H,7H2,1H3,(H,20,21). The molecule has 3 nitrogen and oxygen atoms in total. The Morgan fingerprint density at radius 3 is 2.57 bits per heavy atom. The van der Waals surface area contributed by atoms with Crippen molar-refractivity contribution in [1.29, 1.82) is 0 Å². The highest BCUT2D eigenvalue weighted by Crippen LogP contribution is 2.44. The largest absolute Gasteiger partial charge is 0.465 e. The summed E-state index contributed by atoms with van der Waals surface area (Å²) >= 11 is 0. The third-order valence-electron chi connectivity index (χ3n) is 3.86. The fraction of sp³-hybridized carbons (Fsp3) is 0.267. The summed E-state index contributed by atoms with van der Waals surface area (Å²) in [7, 11) is 0. The predicted octanol–water partition coefficient (Wildman–Crippen LogP) is 4.46. The molecule has 0 aromatic heterocycles. The molecule has 1 N–H and O–H groups in total. The van der Waals surface area contributed by atoms with Crippen molar-refractivity contribution in [3.05, 3.63) is 41.5 Å². The Labute approximate surface area is 118 Å². The van der Waals surface area contributed by atoms with Crippen molar-refractivity contribution in [2.75, 3.05) is 11.4 Å². The van der Waals surface area contributed by atoms with E-state index in [4.69, 9.17) is 0 Å². The Kier molecular flexibility index (Phi) is 2.86. The molecule has 2 aromatic carbocycles. The van der Waals surface area contributed by atoms with Crippen LogP contribution in [0.1, 0.15) is 24.0 Å². The van der Waals surface area contributed by atoms with Crippen LogP contribution in [0, 0.1) is 0 Å². The van der Waals surface area contributed by atoms with Crippen LogP contribution in [0.15, 0.2) is 30.3 Å². The smallest absolute Gasteiger partial charge is 0.417 e. The lowest BCUT2D eigenvalue weighted by Crippen LogP contribution is -2.27. The molecule has 1 aliphatic heterocycles. The summed E-state index contributed by atoms with van der Waals surface area (Å²) in [5.74, 6) is -0.136. The van der Waals surface area contributed by atoms with Crippen molar-refractivity contribution in [3.8, 4) is 0 Å². The number of anilines is 1. The van der Waals surface area contributed by atoms with Gasteiger partial charge in [-0.3, -0.25) is 4.90 Å². The maximum atomic E-state index is 13.1. The summed E-state index contributed by atoms with van der Waals surface area (Å²) < 4.78 is 39.2. The number of rotatable bonds is 0. The molecule has 1 atom stereocenters. The molecule has 21 heavy (non-hydrogen) atoms. The Morgan fingerprint density at radius 1 is 1.24 bits per heavy atom. The number of nitrogens with zero attached hydrogens (tertiary/aromatic N) is 1. The van der Waals surface area contributed by atoms with Gasteiger partial charge in [0.2, 0.25) is 0 Å². The Bertz CT molecular complexity index is 740. The molecule has 1 unspecified atom stereocenters. The normalized spacial score (nSPS) is 18.1. The van der Waals surface area contributed by atoms with Gasteiger partial charge in [-0.15, -0.1) is 0 Å². The van der Waals surface area contributed by atoms with Gasteiger partial charge in [0, 0.05) is 12.5 Å². The van der Waals surface area contributed by atoms with Crippen LogP contribution in [0.2, 0.25) is 0 Å². The van der Waals surface area contributed by atoms with Gasteiger partial charge >= 0.3 is 12.3 Å². The van der Waals surface area contributed by atoms with Gasteiger partial charge in [0.15, 0.2) is 0 Å². The second-order valence-electron chi connectivity index (χ2n) is 5.19. The van der Waals surface area contributed by atoms with E-state index in [1.54, 1.807) is 6.07 Å². The fourth-order valence-electron chi connectivity index (χ4n) is 3.01. The van der Waals surface area contributed by atoms with Gasteiger partial charge in [-0.05, 0) is 28.5 Å². The van der Waals surface area contributed by atoms with Crippen LogP contribution in [0.5, 0.6) is 0 Å². The van der Waals surface area contributed by atoms with E-state index in [9.17, 15) is 23.1 Å². The number of carbonyl (C=O) groups is 1. The topological polar surface area (TPSA) is 40.5 Å². The van der Waals surface area contributed by atoms with Gasteiger partial charge in [0.05, 0.1) is 11.3 Å². The first kappa shape index (κ1) is 13.7. The van der Waals surface area contributed by atoms with E-state index in [0.717, 1.165) is 6.07 Å². The molecule has 2 aromatic rings. The molecular weight excluding hydrogens is 283 g/mol. The lowest BCUT2D eigenvalue weighted by atomic mass is 9.94. The van der Waals surface area contributed by atoms with Crippen LogP contribution in [0.3, 0.4) is 0 Å². The molecular formula is C15H12F3NO2. The van der Waals surface area contributed by atoms with Gasteiger partial charge in [0.25, 0.3) is 0 Å². The maximum absolute atomic E-state index is 13.1. The minimum absolute atomic E-state index is 0.114. The van der Waals surface area contributed by atoms with E-state index in [-0.39, 0.29) is 17.8 Å². The molecule has 0 fully saturated rings. The highest BCUT2D eigenvalue weighted by atomic mass is 19.4. The summed E-state index contributed by atoms with van der Waals surface area (Å²) in [5, 5.41) is 9.76. The minimum Gasteiger partial charge on any atom is -0.465 e. The van der Waals surface area contributed by atoms with Crippen molar-refractivity contribution in [1.82, 2.24) is 0 Å². The first-order valence-corrected chi connectivity index (χ1v) is 6.44. The Balaban J connectivity index is 2.32. The first-order chi connectivity index (χ1) is 9.80. The highest BCUT2D eigenvalue weighted by Gasteiger charge is 2.35. The number of benzene rings is 2. The SMILES string of the molecule is CC1CN(C(=O)O)c2ccc3c(C(F)(F)F)cccc3c21. The summed E-state index contributed by atoms with van der Waals surface area (Å²) in [5.41, 5.74) is 0.451. The molecule has 0 spiro atoms. The van der Waals surface area contributed by atoms with Gasteiger partial charge in [0.1, 0.15) is 0 Å². The summed E-state index contributed by atoms with van der Waals surface area (Å²) in [6.07, 6.45) is -5.52. The highest BCUT2D eigenvalue weighted by molar-refractivity contribution is 5.99. The third kappa shape index (κ3) is 2.02. The first-order valence-electron chi connectivity index (χ1n) is 6.44. The van der Waals surface area contributed by atoms with E-state index in [2.05, 4.69) is 0 Å². The number of carboxylic acid groups (broad SMARTS) is 1. The van der Waals surface area contributed by atoms with Gasteiger partial charge in [-0.2, -0.15) is 13.2 Å². The number of amides is 1. The van der Waals surface area contributed by atoms with E-state index in [1.165, 1.54) is 23.1 Å². The number of alkyl halides is 3. The van der Waals surface area contributed by atoms with E-state index < -0.39 is 17.8 Å². The van der Waals surface area contributed by atoms with Crippen LogP contribution in [-0.2, 0) is 6.18 Å². The van der Waals surface area contributed by atoms with Crippen molar-refractivity contribution in [3.63, 3.8) is 0 Å². The maximum Gasteiger partial charge on any atom is 0.417 e. The molecule has 0 saturated heterocycles. The fourth-order valence-corrected chi connectivity index (χ4v) is 3.01. The van der Waals surface area contributed by atoms with Crippen LogP contribution < -0.4 is 4.90 Å². The van der Waals surface area contributed by atoms with E-state index >= 15 is 0 Å².